The predicted molar refractivity (Wildman–Crippen MR) is 77.7 cm³/mol. The number of benzene rings is 2. The monoisotopic (exact) mass is 281 g/mol. The van der Waals surface area contributed by atoms with Gasteiger partial charge in [0.25, 0.3) is 5.91 Å². The molecule has 5 nitrogen and oxygen atoms in total. The minimum atomic E-state index is -0.982. The summed E-state index contributed by atoms with van der Waals surface area (Å²) < 4.78 is 5.50. The van der Waals surface area contributed by atoms with Crippen molar-refractivity contribution < 1.29 is 9.21 Å². The lowest BCUT2D eigenvalue weighted by Crippen LogP contribution is -2.30. The highest BCUT2D eigenvalue weighted by Crippen LogP contribution is 2.11. The Morgan fingerprint density at radius 2 is 1.67 bits per heavy atom. The first-order valence-electron chi connectivity index (χ1n) is 6.34. The molecule has 0 aliphatic rings. The van der Waals surface area contributed by atoms with Crippen molar-refractivity contribution in [2.24, 2.45) is 0 Å². The lowest BCUT2D eigenvalue weighted by atomic mass is 10.1. The summed E-state index contributed by atoms with van der Waals surface area (Å²) in [4.78, 5) is 36.1. The number of aryl methyl sites for hydroxylation is 1. The van der Waals surface area contributed by atoms with Crippen molar-refractivity contribution in [3.05, 3.63) is 80.6 Å². The highest BCUT2D eigenvalue weighted by atomic mass is 16.4. The Labute approximate surface area is 119 Å². The van der Waals surface area contributed by atoms with Crippen LogP contribution in [0.3, 0.4) is 0 Å². The van der Waals surface area contributed by atoms with Crippen LogP contribution in [0.5, 0.6) is 0 Å². The van der Waals surface area contributed by atoms with Gasteiger partial charge in [0.1, 0.15) is 0 Å². The highest BCUT2D eigenvalue weighted by Gasteiger charge is 2.16. The van der Waals surface area contributed by atoms with Crippen LogP contribution in [0, 0.1) is 6.92 Å². The highest BCUT2D eigenvalue weighted by molar-refractivity contribution is 6.00. The largest absolute Gasteiger partial charge is 0.429 e. The standard InChI is InChI=1S/C16H11NO4/c1-10-6-8-11(9-7-10)14(18)17-13-5-3-2-4-12(13)15(19)21-16(17)20/h2-9H,1H3. The molecule has 0 fully saturated rings. The summed E-state index contributed by atoms with van der Waals surface area (Å²) in [5.74, 6) is -1.51. The van der Waals surface area contributed by atoms with Crippen molar-refractivity contribution in [3.8, 4) is 0 Å². The zero-order valence-corrected chi connectivity index (χ0v) is 11.2. The van der Waals surface area contributed by atoms with Crippen LogP contribution in [0.15, 0.2) is 62.5 Å². The molecule has 0 radical (unpaired) electrons. The molecule has 0 bridgehead atoms. The number of carbonyl (C=O) groups is 1. The van der Waals surface area contributed by atoms with Crippen LogP contribution in [0.1, 0.15) is 15.9 Å². The number of rotatable bonds is 1. The Bertz CT molecular complexity index is 948. The summed E-state index contributed by atoms with van der Waals surface area (Å²) in [6, 6.07) is 13.2. The second kappa shape index (κ2) is 4.86. The molecule has 0 aliphatic heterocycles. The third kappa shape index (κ3) is 2.18. The van der Waals surface area contributed by atoms with E-state index in [9.17, 15) is 14.4 Å². The zero-order chi connectivity index (χ0) is 15.0. The van der Waals surface area contributed by atoms with Crippen molar-refractivity contribution in [1.82, 2.24) is 4.57 Å². The average Bonchev–Trinajstić information content (AvgIpc) is 2.48. The minimum Gasteiger partial charge on any atom is -0.372 e. The van der Waals surface area contributed by atoms with Crippen LogP contribution >= 0.6 is 0 Å². The molecule has 3 aromatic rings. The van der Waals surface area contributed by atoms with Gasteiger partial charge in [0, 0.05) is 5.56 Å². The molecule has 0 saturated carbocycles. The summed E-state index contributed by atoms with van der Waals surface area (Å²) in [5, 5.41) is 0.192. The Balaban J connectivity index is 2.30. The van der Waals surface area contributed by atoms with Crippen molar-refractivity contribution in [2.45, 2.75) is 6.92 Å². The maximum absolute atomic E-state index is 12.5. The summed E-state index contributed by atoms with van der Waals surface area (Å²) in [5.41, 5.74) is 0.845. The van der Waals surface area contributed by atoms with Gasteiger partial charge < -0.3 is 4.42 Å². The summed E-state index contributed by atoms with van der Waals surface area (Å²) in [6.07, 6.45) is 0. The van der Waals surface area contributed by atoms with E-state index in [4.69, 9.17) is 0 Å². The van der Waals surface area contributed by atoms with Crippen LogP contribution < -0.4 is 11.4 Å². The van der Waals surface area contributed by atoms with E-state index >= 15 is 0 Å². The van der Waals surface area contributed by atoms with Gasteiger partial charge >= 0.3 is 11.4 Å². The summed E-state index contributed by atoms with van der Waals surface area (Å²) in [6.45, 7) is 1.90. The lowest BCUT2D eigenvalue weighted by Gasteiger charge is -2.07. The second-order valence-electron chi connectivity index (χ2n) is 4.68. The molecule has 104 valence electrons. The first-order chi connectivity index (χ1) is 10.1. The van der Waals surface area contributed by atoms with Gasteiger partial charge in [0.2, 0.25) is 0 Å². The van der Waals surface area contributed by atoms with Crippen LogP contribution in [0.2, 0.25) is 0 Å². The number of para-hydroxylation sites is 1. The topological polar surface area (TPSA) is 69.3 Å². The van der Waals surface area contributed by atoms with E-state index in [1.165, 1.54) is 6.07 Å². The molecule has 0 aliphatic carbocycles. The molecule has 2 aromatic carbocycles. The number of nitrogens with zero attached hydrogens (tertiary/aromatic N) is 1. The van der Waals surface area contributed by atoms with E-state index in [2.05, 4.69) is 4.42 Å². The van der Waals surface area contributed by atoms with Crippen LogP contribution in [-0.4, -0.2) is 10.5 Å². The molecular weight excluding hydrogens is 270 g/mol. The SMILES string of the molecule is Cc1ccc(C(=O)n2c(=O)oc(=O)c3ccccc32)cc1. The quantitative estimate of drug-likeness (QED) is 0.683. The normalized spacial score (nSPS) is 10.7. The van der Waals surface area contributed by atoms with Crippen LogP contribution in [0.25, 0.3) is 10.9 Å². The Morgan fingerprint density at radius 3 is 2.38 bits per heavy atom. The molecule has 0 unspecified atom stereocenters. The van der Waals surface area contributed by atoms with Gasteiger partial charge in [-0.2, -0.15) is 0 Å². The van der Waals surface area contributed by atoms with Gasteiger partial charge in [0.05, 0.1) is 10.9 Å². The molecular formula is C16H11NO4. The first kappa shape index (κ1) is 13.1. The third-order valence-corrected chi connectivity index (χ3v) is 3.23. The fourth-order valence-electron chi connectivity index (χ4n) is 2.14. The number of hydrogen-bond acceptors (Lipinski definition) is 4. The third-order valence-electron chi connectivity index (χ3n) is 3.23. The maximum Gasteiger partial charge on any atom is 0.429 e. The molecule has 1 heterocycles. The zero-order valence-electron chi connectivity index (χ0n) is 11.2. The number of hydrogen-bond donors (Lipinski definition) is 0. The molecule has 21 heavy (non-hydrogen) atoms. The van der Waals surface area contributed by atoms with Gasteiger partial charge in [-0.25, -0.2) is 14.2 Å². The number of aromatic nitrogens is 1. The Morgan fingerprint density at radius 1 is 1.00 bits per heavy atom. The summed E-state index contributed by atoms with van der Waals surface area (Å²) in [7, 11) is 0. The van der Waals surface area contributed by atoms with E-state index in [0.29, 0.717) is 5.56 Å². The van der Waals surface area contributed by atoms with E-state index < -0.39 is 17.3 Å². The fraction of sp³-hybridized carbons (Fsp3) is 0.0625. The molecule has 5 heteroatoms. The summed E-state index contributed by atoms with van der Waals surface area (Å²) >= 11 is 0. The van der Waals surface area contributed by atoms with Crippen molar-refractivity contribution >= 4 is 16.8 Å². The van der Waals surface area contributed by atoms with Crippen molar-refractivity contribution in [2.75, 3.05) is 0 Å². The van der Waals surface area contributed by atoms with Gasteiger partial charge in [-0.05, 0) is 31.2 Å². The predicted octanol–water partition coefficient (Wildman–Crippen LogP) is 1.95. The van der Waals surface area contributed by atoms with Gasteiger partial charge in [-0.3, -0.25) is 4.79 Å². The van der Waals surface area contributed by atoms with Gasteiger partial charge in [-0.1, -0.05) is 29.8 Å². The van der Waals surface area contributed by atoms with Crippen molar-refractivity contribution in [3.63, 3.8) is 0 Å². The van der Waals surface area contributed by atoms with Gasteiger partial charge in [0.15, 0.2) is 0 Å². The van der Waals surface area contributed by atoms with Crippen LogP contribution in [0.4, 0.5) is 0 Å². The van der Waals surface area contributed by atoms with E-state index in [0.717, 1.165) is 10.1 Å². The van der Waals surface area contributed by atoms with E-state index in [-0.39, 0.29) is 10.9 Å². The molecule has 0 N–H and O–H groups in total. The van der Waals surface area contributed by atoms with Crippen molar-refractivity contribution in [1.29, 1.82) is 0 Å². The van der Waals surface area contributed by atoms with Gasteiger partial charge in [-0.15, -0.1) is 0 Å². The molecule has 1 aromatic heterocycles. The Kier molecular flexibility index (Phi) is 3.02. The second-order valence-corrected chi connectivity index (χ2v) is 4.68. The smallest absolute Gasteiger partial charge is 0.372 e. The van der Waals surface area contributed by atoms with E-state index in [1.54, 1.807) is 42.5 Å². The number of fused-ring (bicyclic) bond motifs is 1. The molecule has 3 rings (SSSR count). The maximum atomic E-state index is 12.5. The fourth-order valence-corrected chi connectivity index (χ4v) is 2.14. The molecule has 0 amide bonds. The molecule has 0 spiro atoms. The first-order valence-corrected chi connectivity index (χ1v) is 6.34. The minimum absolute atomic E-state index is 0.192. The molecule has 0 atom stereocenters. The van der Waals surface area contributed by atoms with Crippen LogP contribution in [-0.2, 0) is 0 Å². The Hall–Kier alpha value is -2.95. The lowest BCUT2D eigenvalue weighted by molar-refractivity contribution is 0.0951. The number of carbonyl (C=O) groups excluding carboxylic acids is 1. The van der Waals surface area contributed by atoms with E-state index in [1.807, 2.05) is 6.92 Å². The molecule has 0 saturated heterocycles. The average molecular weight is 281 g/mol.